The van der Waals surface area contributed by atoms with E-state index in [4.69, 9.17) is 0 Å². The second kappa shape index (κ2) is 6.87. The van der Waals surface area contributed by atoms with Crippen LogP contribution in [0.4, 0.5) is 0 Å². The Hall–Kier alpha value is -1.66. The normalized spacial score (nSPS) is 12.1. The van der Waals surface area contributed by atoms with Gasteiger partial charge in [0.05, 0.1) is 11.1 Å². The van der Waals surface area contributed by atoms with Gasteiger partial charge in [-0.1, -0.05) is 32.0 Å². The zero-order valence-corrected chi connectivity index (χ0v) is 13.6. The third-order valence-corrected chi connectivity index (χ3v) is 4.83. The van der Waals surface area contributed by atoms with E-state index in [2.05, 4.69) is 23.8 Å². The smallest absolute Gasteiger partial charge is 0.200 e. The molecule has 6 heteroatoms. The molecule has 0 atom stereocenters. The second-order valence-corrected chi connectivity index (χ2v) is 7.75. The van der Waals surface area contributed by atoms with Crippen LogP contribution in [0.2, 0.25) is 0 Å². The summed E-state index contributed by atoms with van der Waals surface area (Å²) >= 11 is 1.49. The Balaban J connectivity index is 2.05. The number of sulfonamides is 1. The van der Waals surface area contributed by atoms with Gasteiger partial charge < -0.3 is 0 Å². The van der Waals surface area contributed by atoms with E-state index >= 15 is 0 Å². The van der Waals surface area contributed by atoms with Crippen LogP contribution in [-0.2, 0) is 16.4 Å². The Morgan fingerprint density at radius 2 is 1.95 bits per heavy atom. The minimum absolute atomic E-state index is 0.221. The molecule has 4 nitrogen and oxygen atoms in total. The molecule has 0 radical (unpaired) electrons. The zero-order valence-electron chi connectivity index (χ0n) is 12.0. The largest absolute Gasteiger partial charge is 0.276 e. The molecule has 1 heterocycles. The van der Waals surface area contributed by atoms with E-state index in [1.807, 2.05) is 29.6 Å². The molecule has 0 amide bonds. The Kier molecular flexibility index (Phi) is 5.14. The summed E-state index contributed by atoms with van der Waals surface area (Å²) in [5, 5.41) is 5.69. The van der Waals surface area contributed by atoms with Crippen LogP contribution >= 0.6 is 11.3 Å². The number of nitrogens with one attached hydrogen (secondary N) is 1. The van der Waals surface area contributed by atoms with Crippen molar-refractivity contribution in [1.29, 1.82) is 0 Å². The van der Waals surface area contributed by atoms with Crippen molar-refractivity contribution in [2.24, 2.45) is 11.0 Å². The molecule has 2 rings (SSSR count). The number of thiophene rings is 1. The average Bonchev–Trinajstić information content (AvgIpc) is 2.91. The average molecular weight is 322 g/mol. The minimum atomic E-state index is -3.60. The third kappa shape index (κ3) is 4.68. The summed E-state index contributed by atoms with van der Waals surface area (Å²) in [5.41, 5.74) is 1.13. The summed E-state index contributed by atoms with van der Waals surface area (Å²) in [4.78, 5) is 3.34. The van der Waals surface area contributed by atoms with E-state index < -0.39 is 10.0 Å². The van der Waals surface area contributed by atoms with Crippen LogP contribution in [0.25, 0.3) is 0 Å². The van der Waals surface area contributed by atoms with Gasteiger partial charge in [-0.2, -0.15) is 13.5 Å². The maximum atomic E-state index is 12.1. The van der Waals surface area contributed by atoms with Gasteiger partial charge in [0.25, 0.3) is 10.0 Å². The highest BCUT2D eigenvalue weighted by Gasteiger charge is 2.12. The number of hydrogen-bond acceptors (Lipinski definition) is 4. The first-order valence-corrected chi connectivity index (χ1v) is 9.01. The van der Waals surface area contributed by atoms with Crippen LogP contribution < -0.4 is 4.83 Å². The first-order valence-electron chi connectivity index (χ1n) is 6.65. The second-order valence-electron chi connectivity index (χ2n) is 5.11. The van der Waals surface area contributed by atoms with Crippen LogP contribution in [-0.4, -0.2) is 14.6 Å². The molecule has 0 aliphatic carbocycles. The molecule has 1 N–H and O–H groups in total. The predicted molar refractivity (Wildman–Crippen MR) is 87.2 cm³/mol. The lowest BCUT2D eigenvalue weighted by Gasteiger charge is -2.07. The summed E-state index contributed by atoms with van der Waals surface area (Å²) in [7, 11) is -3.60. The highest BCUT2D eigenvalue weighted by Crippen LogP contribution is 2.13. The maximum absolute atomic E-state index is 12.1. The predicted octanol–water partition coefficient (Wildman–Crippen LogP) is 3.26. The monoisotopic (exact) mass is 322 g/mol. The van der Waals surface area contributed by atoms with Gasteiger partial charge in [-0.05, 0) is 41.5 Å². The molecule has 0 saturated heterocycles. The molecule has 0 saturated carbocycles. The molecule has 0 spiro atoms. The molecule has 0 aliphatic heterocycles. The Bertz CT molecular complexity index is 688. The fourth-order valence-electron chi connectivity index (χ4n) is 1.85. The van der Waals surface area contributed by atoms with E-state index in [-0.39, 0.29) is 4.90 Å². The SMILES string of the molecule is CC(C)Cc1ccc(S(=O)(=O)N/N=C\c2cccs2)cc1. The molecule has 21 heavy (non-hydrogen) atoms. The van der Waals surface area contributed by atoms with Crippen molar-refractivity contribution in [3.05, 3.63) is 52.2 Å². The first-order chi connectivity index (χ1) is 9.97. The Morgan fingerprint density at radius 1 is 1.24 bits per heavy atom. The van der Waals surface area contributed by atoms with Gasteiger partial charge >= 0.3 is 0 Å². The highest BCUT2D eigenvalue weighted by atomic mass is 32.2. The number of rotatable bonds is 6. The van der Waals surface area contributed by atoms with Crippen molar-refractivity contribution >= 4 is 27.6 Å². The van der Waals surface area contributed by atoms with Crippen LogP contribution in [0, 0.1) is 5.92 Å². The number of hydrazone groups is 1. The summed E-state index contributed by atoms with van der Waals surface area (Å²) in [6.07, 6.45) is 2.43. The van der Waals surface area contributed by atoms with E-state index in [1.54, 1.807) is 12.1 Å². The molecule has 1 aromatic carbocycles. The molecular weight excluding hydrogens is 304 g/mol. The van der Waals surface area contributed by atoms with Gasteiger partial charge in [0, 0.05) is 4.88 Å². The molecule has 0 fully saturated rings. The molecule has 112 valence electrons. The fourth-order valence-corrected chi connectivity index (χ4v) is 3.23. The van der Waals surface area contributed by atoms with E-state index in [9.17, 15) is 8.42 Å². The number of benzene rings is 1. The van der Waals surface area contributed by atoms with Gasteiger partial charge in [0.1, 0.15) is 0 Å². The van der Waals surface area contributed by atoms with E-state index in [1.165, 1.54) is 17.6 Å². The molecule has 0 aliphatic rings. The number of nitrogens with zero attached hydrogens (tertiary/aromatic N) is 1. The Morgan fingerprint density at radius 3 is 2.52 bits per heavy atom. The highest BCUT2D eigenvalue weighted by molar-refractivity contribution is 7.89. The van der Waals surface area contributed by atoms with Crippen LogP contribution in [0.1, 0.15) is 24.3 Å². The van der Waals surface area contributed by atoms with Crippen molar-refractivity contribution in [2.75, 3.05) is 0 Å². The summed E-state index contributed by atoms with van der Waals surface area (Å²) in [6.45, 7) is 4.26. The fraction of sp³-hybridized carbons (Fsp3) is 0.267. The van der Waals surface area contributed by atoms with E-state index in [0.29, 0.717) is 5.92 Å². The lowest BCUT2D eigenvalue weighted by atomic mass is 10.0. The molecular formula is C15H18N2O2S2. The molecule has 2 aromatic rings. The summed E-state index contributed by atoms with van der Waals surface area (Å²) in [5.74, 6) is 0.543. The maximum Gasteiger partial charge on any atom is 0.276 e. The van der Waals surface area contributed by atoms with Gasteiger partial charge in [-0.25, -0.2) is 4.83 Å². The zero-order chi connectivity index (χ0) is 15.3. The van der Waals surface area contributed by atoms with Gasteiger partial charge in [0.2, 0.25) is 0 Å². The van der Waals surface area contributed by atoms with Crippen LogP contribution in [0.15, 0.2) is 51.8 Å². The number of hydrogen-bond donors (Lipinski definition) is 1. The van der Waals surface area contributed by atoms with Crippen LogP contribution in [0.5, 0.6) is 0 Å². The van der Waals surface area contributed by atoms with Crippen molar-refractivity contribution < 1.29 is 8.42 Å². The quantitative estimate of drug-likeness (QED) is 0.655. The Labute approximate surface area is 129 Å². The lowest BCUT2D eigenvalue weighted by molar-refractivity contribution is 0.584. The van der Waals surface area contributed by atoms with E-state index in [0.717, 1.165) is 16.9 Å². The molecule has 0 bridgehead atoms. The van der Waals surface area contributed by atoms with Gasteiger partial charge in [-0.15, -0.1) is 11.3 Å². The van der Waals surface area contributed by atoms with Crippen molar-refractivity contribution in [2.45, 2.75) is 25.2 Å². The molecule has 0 unspecified atom stereocenters. The van der Waals surface area contributed by atoms with Crippen molar-refractivity contribution in [1.82, 2.24) is 4.83 Å². The topological polar surface area (TPSA) is 58.5 Å². The summed E-state index contributed by atoms with van der Waals surface area (Å²) in [6, 6.07) is 10.7. The first kappa shape index (κ1) is 15.7. The minimum Gasteiger partial charge on any atom is -0.200 e. The lowest BCUT2D eigenvalue weighted by Crippen LogP contribution is -2.18. The van der Waals surface area contributed by atoms with Crippen molar-refractivity contribution in [3.8, 4) is 0 Å². The van der Waals surface area contributed by atoms with Crippen LogP contribution in [0.3, 0.4) is 0 Å². The van der Waals surface area contributed by atoms with Crippen molar-refractivity contribution in [3.63, 3.8) is 0 Å². The summed E-state index contributed by atoms with van der Waals surface area (Å²) < 4.78 is 24.1. The van der Waals surface area contributed by atoms with Gasteiger partial charge in [-0.3, -0.25) is 0 Å². The third-order valence-electron chi connectivity index (χ3n) is 2.79. The molecule has 1 aromatic heterocycles. The standard InChI is InChI=1S/C15H18N2O2S2/c1-12(2)10-13-5-7-15(8-6-13)21(18,19)17-16-11-14-4-3-9-20-14/h3-9,11-12,17H,10H2,1-2H3/b16-11-. The van der Waals surface area contributed by atoms with Gasteiger partial charge in [0.15, 0.2) is 0 Å².